The van der Waals surface area contributed by atoms with E-state index in [0.29, 0.717) is 25.3 Å². The molecule has 0 radical (unpaired) electrons. The van der Waals surface area contributed by atoms with Crippen molar-refractivity contribution >= 4 is 11.9 Å². The van der Waals surface area contributed by atoms with Crippen molar-refractivity contribution in [3.63, 3.8) is 0 Å². The van der Waals surface area contributed by atoms with Crippen molar-refractivity contribution in [3.05, 3.63) is 35.4 Å². The molecule has 5 nitrogen and oxygen atoms in total. The highest BCUT2D eigenvalue weighted by Crippen LogP contribution is 2.24. The maximum absolute atomic E-state index is 12.5. The fourth-order valence-electron chi connectivity index (χ4n) is 2.80. The number of benzene rings is 1. The number of carbonyl (C=O) groups is 2. The van der Waals surface area contributed by atoms with Crippen molar-refractivity contribution in [2.24, 2.45) is 11.7 Å². The van der Waals surface area contributed by atoms with Crippen LogP contribution in [0.2, 0.25) is 0 Å². The maximum Gasteiger partial charge on any atom is 0.326 e. The number of carbonyl (C=O) groups excluding carboxylic acids is 1. The van der Waals surface area contributed by atoms with Crippen molar-refractivity contribution in [1.82, 2.24) is 4.90 Å². The predicted octanol–water partition coefficient (Wildman–Crippen LogP) is 1.40. The Labute approximate surface area is 124 Å². The SMILES string of the molecule is CC(C)C[C@@H](N)C(=O)N1Cc2ccccc2C[C@H]1C(=O)O. The molecule has 1 amide bonds. The molecule has 0 spiro atoms. The Morgan fingerprint density at radius 1 is 1.33 bits per heavy atom. The molecule has 114 valence electrons. The summed E-state index contributed by atoms with van der Waals surface area (Å²) in [5.74, 6) is -0.954. The van der Waals surface area contributed by atoms with Crippen LogP contribution in [-0.2, 0) is 22.6 Å². The second-order valence-electron chi connectivity index (χ2n) is 6.03. The zero-order valence-electron chi connectivity index (χ0n) is 12.5. The molecular formula is C16H22N2O3. The second kappa shape index (κ2) is 6.26. The second-order valence-corrected chi connectivity index (χ2v) is 6.03. The number of aliphatic carboxylic acids is 1. The minimum absolute atomic E-state index is 0.273. The summed E-state index contributed by atoms with van der Waals surface area (Å²) in [6.45, 7) is 4.30. The fourth-order valence-corrected chi connectivity index (χ4v) is 2.80. The van der Waals surface area contributed by atoms with Crippen LogP contribution in [0.5, 0.6) is 0 Å². The third kappa shape index (κ3) is 3.42. The molecule has 21 heavy (non-hydrogen) atoms. The molecule has 0 aromatic heterocycles. The first kappa shape index (κ1) is 15.5. The normalized spacial score (nSPS) is 19.2. The first-order chi connectivity index (χ1) is 9.90. The topological polar surface area (TPSA) is 83.6 Å². The number of hydrogen-bond donors (Lipinski definition) is 2. The highest BCUT2D eigenvalue weighted by Gasteiger charge is 2.36. The molecule has 0 saturated carbocycles. The minimum atomic E-state index is -0.977. The van der Waals surface area contributed by atoms with Crippen LogP contribution in [0, 0.1) is 5.92 Å². The van der Waals surface area contributed by atoms with Gasteiger partial charge in [0.2, 0.25) is 5.91 Å². The Balaban J connectivity index is 2.24. The first-order valence-corrected chi connectivity index (χ1v) is 7.25. The summed E-state index contributed by atoms with van der Waals surface area (Å²) >= 11 is 0. The lowest BCUT2D eigenvalue weighted by Gasteiger charge is -2.36. The van der Waals surface area contributed by atoms with Crippen LogP contribution in [0.1, 0.15) is 31.4 Å². The van der Waals surface area contributed by atoms with Crippen LogP contribution in [0.15, 0.2) is 24.3 Å². The summed E-state index contributed by atoms with van der Waals surface area (Å²) in [6, 6.07) is 6.17. The summed E-state index contributed by atoms with van der Waals surface area (Å²) in [4.78, 5) is 25.4. The van der Waals surface area contributed by atoms with Crippen molar-refractivity contribution < 1.29 is 14.7 Å². The number of nitrogens with two attached hydrogens (primary N) is 1. The lowest BCUT2D eigenvalue weighted by atomic mass is 9.92. The number of amides is 1. The third-order valence-corrected chi connectivity index (χ3v) is 3.86. The molecule has 5 heteroatoms. The number of carboxylic acids is 1. The van der Waals surface area contributed by atoms with E-state index < -0.39 is 18.1 Å². The summed E-state index contributed by atoms with van der Waals surface area (Å²) in [6.07, 6.45) is 0.898. The Morgan fingerprint density at radius 2 is 1.95 bits per heavy atom. The maximum atomic E-state index is 12.5. The molecule has 1 heterocycles. The van der Waals surface area contributed by atoms with Crippen molar-refractivity contribution in [3.8, 4) is 0 Å². The summed E-state index contributed by atoms with van der Waals surface area (Å²) < 4.78 is 0. The van der Waals surface area contributed by atoms with Crippen LogP contribution in [0.25, 0.3) is 0 Å². The molecule has 3 N–H and O–H groups in total. The summed E-state index contributed by atoms with van der Waals surface area (Å²) in [5, 5.41) is 9.41. The average molecular weight is 290 g/mol. The van der Waals surface area contributed by atoms with E-state index in [9.17, 15) is 14.7 Å². The van der Waals surface area contributed by atoms with E-state index in [1.807, 2.05) is 38.1 Å². The van der Waals surface area contributed by atoms with Gasteiger partial charge in [0.15, 0.2) is 0 Å². The van der Waals surface area contributed by atoms with Gasteiger partial charge in [-0.3, -0.25) is 4.79 Å². The van der Waals surface area contributed by atoms with Crippen molar-refractivity contribution in [2.45, 2.75) is 45.3 Å². The van der Waals surface area contributed by atoms with Crippen molar-refractivity contribution in [1.29, 1.82) is 0 Å². The number of carboxylic acid groups (broad SMARTS) is 1. The number of rotatable bonds is 4. The third-order valence-electron chi connectivity index (χ3n) is 3.86. The molecule has 2 rings (SSSR count). The van der Waals surface area contributed by atoms with Gasteiger partial charge in [-0.2, -0.15) is 0 Å². The quantitative estimate of drug-likeness (QED) is 0.878. The molecule has 1 aromatic rings. The predicted molar refractivity (Wildman–Crippen MR) is 79.6 cm³/mol. The van der Waals surface area contributed by atoms with Gasteiger partial charge in [-0.1, -0.05) is 38.1 Å². The molecule has 0 bridgehead atoms. The zero-order chi connectivity index (χ0) is 15.6. The molecule has 1 aliphatic heterocycles. The molecular weight excluding hydrogens is 268 g/mol. The monoisotopic (exact) mass is 290 g/mol. The van der Waals surface area contributed by atoms with Gasteiger partial charge in [0, 0.05) is 13.0 Å². The first-order valence-electron chi connectivity index (χ1n) is 7.25. The number of hydrogen-bond acceptors (Lipinski definition) is 3. The van der Waals surface area contributed by atoms with Gasteiger partial charge in [0.25, 0.3) is 0 Å². The van der Waals surface area contributed by atoms with Crippen LogP contribution >= 0.6 is 0 Å². The van der Waals surface area contributed by atoms with Gasteiger partial charge in [-0.05, 0) is 23.5 Å². The number of nitrogens with zero attached hydrogens (tertiary/aromatic N) is 1. The van der Waals surface area contributed by atoms with E-state index in [0.717, 1.165) is 11.1 Å². The molecule has 0 aliphatic carbocycles. The average Bonchev–Trinajstić information content (AvgIpc) is 2.44. The van der Waals surface area contributed by atoms with E-state index in [4.69, 9.17) is 5.73 Å². The zero-order valence-corrected chi connectivity index (χ0v) is 12.5. The largest absolute Gasteiger partial charge is 0.480 e. The Hall–Kier alpha value is -1.88. The summed E-state index contributed by atoms with van der Waals surface area (Å²) in [5.41, 5.74) is 7.94. The van der Waals surface area contributed by atoms with E-state index in [1.54, 1.807) is 0 Å². The van der Waals surface area contributed by atoms with Gasteiger partial charge < -0.3 is 15.7 Å². The fraction of sp³-hybridized carbons (Fsp3) is 0.500. The Morgan fingerprint density at radius 3 is 2.52 bits per heavy atom. The van der Waals surface area contributed by atoms with Crippen LogP contribution in [0.3, 0.4) is 0 Å². The summed E-state index contributed by atoms with van der Waals surface area (Å²) in [7, 11) is 0. The van der Waals surface area contributed by atoms with E-state index in [2.05, 4.69) is 0 Å². The van der Waals surface area contributed by atoms with E-state index >= 15 is 0 Å². The van der Waals surface area contributed by atoms with Gasteiger partial charge in [0.05, 0.1) is 6.04 Å². The lowest BCUT2D eigenvalue weighted by Crippen LogP contribution is -2.54. The van der Waals surface area contributed by atoms with Gasteiger partial charge in [0.1, 0.15) is 6.04 Å². The standard InChI is InChI=1S/C16H22N2O3/c1-10(2)7-13(17)15(19)18-9-12-6-4-3-5-11(12)8-14(18)16(20)21/h3-6,10,13-14H,7-9,17H2,1-2H3,(H,20,21)/t13-,14+/m1/s1. The lowest BCUT2D eigenvalue weighted by molar-refractivity contribution is -0.152. The molecule has 0 saturated heterocycles. The van der Waals surface area contributed by atoms with Gasteiger partial charge in [-0.25, -0.2) is 4.79 Å². The Bertz CT molecular complexity index is 542. The van der Waals surface area contributed by atoms with Gasteiger partial charge >= 0.3 is 5.97 Å². The van der Waals surface area contributed by atoms with Crippen LogP contribution < -0.4 is 5.73 Å². The Kier molecular flexibility index (Phi) is 4.63. The smallest absolute Gasteiger partial charge is 0.326 e. The molecule has 0 unspecified atom stereocenters. The van der Waals surface area contributed by atoms with E-state index in [1.165, 1.54) is 4.90 Å². The highest BCUT2D eigenvalue weighted by atomic mass is 16.4. The van der Waals surface area contributed by atoms with Gasteiger partial charge in [-0.15, -0.1) is 0 Å². The molecule has 0 fully saturated rings. The molecule has 1 aromatic carbocycles. The van der Waals surface area contributed by atoms with E-state index in [-0.39, 0.29) is 5.91 Å². The van der Waals surface area contributed by atoms with Crippen LogP contribution in [0.4, 0.5) is 0 Å². The van der Waals surface area contributed by atoms with Crippen molar-refractivity contribution in [2.75, 3.05) is 0 Å². The minimum Gasteiger partial charge on any atom is -0.480 e. The van der Waals surface area contributed by atoms with Crippen LogP contribution in [-0.4, -0.2) is 34.0 Å². The molecule has 2 atom stereocenters. The number of fused-ring (bicyclic) bond motifs is 1. The molecule has 1 aliphatic rings. The highest BCUT2D eigenvalue weighted by molar-refractivity contribution is 5.87.